The lowest BCUT2D eigenvalue weighted by Gasteiger charge is -2.21. The number of rotatable bonds is 7. The molecule has 0 saturated heterocycles. The number of aromatic nitrogens is 1. The van der Waals surface area contributed by atoms with Crippen LogP contribution in [0.5, 0.6) is 0 Å². The summed E-state index contributed by atoms with van der Waals surface area (Å²) in [5, 5.41) is 0. The van der Waals surface area contributed by atoms with Crippen LogP contribution in [0.3, 0.4) is 0 Å². The molecule has 0 aliphatic heterocycles. The number of aryl methyl sites for hydroxylation is 1. The Kier molecular flexibility index (Phi) is 6.11. The molecule has 2 aromatic rings. The highest BCUT2D eigenvalue weighted by Gasteiger charge is 2.22. The topological polar surface area (TPSA) is 79.5 Å². The Bertz CT molecular complexity index is 837. The summed E-state index contributed by atoms with van der Waals surface area (Å²) in [6.07, 6.45) is 1.60. The van der Waals surface area contributed by atoms with Gasteiger partial charge in [-0.3, -0.25) is 9.59 Å². The number of benzene rings is 1. The minimum absolute atomic E-state index is 0.132. The maximum atomic E-state index is 12.5. The average Bonchev–Trinajstić information content (AvgIpc) is 2.92. The van der Waals surface area contributed by atoms with Crippen LogP contribution >= 0.6 is 0 Å². The van der Waals surface area contributed by atoms with Crippen molar-refractivity contribution in [1.82, 2.24) is 4.98 Å². The second kappa shape index (κ2) is 8.29. The van der Waals surface area contributed by atoms with Crippen molar-refractivity contribution in [2.24, 2.45) is 0 Å². The van der Waals surface area contributed by atoms with E-state index in [9.17, 15) is 14.4 Å². The van der Waals surface area contributed by atoms with Crippen molar-refractivity contribution >= 4 is 23.3 Å². The van der Waals surface area contributed by atoms with Crippen LogP contribution in [0.1, 0.15) is 39.0 Å². The molecule has 26 heavy (non-hydrogen) atoms. The predicted octanol–water partition coefficient (Wildman–Crippen LogP) is 3.21. The number of ketones is 1. The van der Waals surface area contributed by atoms with Crippen LogP contribution in [-0.4, -0.2) is 35.8 Å². The van der Waals surface area contributed by atoms with Gasteiger partial charge in [0.1, 0.15) is 5.69 Å². The first kappa shape index (κ1) is 19.2. The van der Waals surface area contributed by atoms with Crippen molar-refractivity contribution in [3.05, 3.63) is 65.5 Å². The molecule has 6 heteroatoms. The molecule has 1 amide bonds. The Morgan fingerprint density at radius 3 is 2.38 bits per heavy atom. The van der Waals surface area contributed by atoms with E-state index in [4.69, 9.17) is 4.74 Å². The number of carbonyl (C=O) groups excluding carboxylic acids is 3. The van der Waals surface area contributed by atoms with Crippen LogP contribution in [-0.2, 0) is 9.53 Å². The van der Waals surface area contributed by atoms with Gasteiger partial charge in [-0.2, -0.15) is 0 Å². The van der Waals surface area contributed by atoms with E-state index in [2.05, 4.69) is 11.6 Å². The average molecular weight is 354 g/mol. The second-order valence-corrected chi connectivity index (χ2v) is 5.89. The van der Waals surface area contributed by atoms with Gasteiger partial charge in [0.2, 0.25) is 0 Å². The van der Waals surface area contributed by atoms with Crippen LogP contribution in [0.2, 0.25) is 0 Å². The number of aromatic amines is 1. The van der Waals surface area contributed by atoms with E-state index < -0.39 is 12.6 Å². The van der Waals surface area contributed by atoms with Gasteiger partial charge >= 0.3 is 5.97 Å². The third kappa shape index (κ3) is 4.08. The smallest absolute Gasteiger partial charge is 0.355 e. The van der Waals surface area contributed by atoms with Crippen molar-refractivity contribution in [3.63, 3.8) is 0 Å². The van der Waals surface area contributed by atoms with Gasteiger partial charge in [-0.15, -0.1) is 6.58 Å². The molecule has 1 aromatic heterocycles. The minimum atomic E-state index is -0.668. The number of anilines is 1. The van der Waals surface area contributed by atoms with Gasteiger partial charge in [0, 0.05) is 23.5 Å². The summed E-state index contributed by atoms with van der Waals surface area (Å²) in [7, 11) is 0. The normalized spacial score (nSPS) is 10.3. The number of para-hydroxylation sites is 1. The van der Waals surface area contributed by atoms with E-state index in [1.54, 1.807) is 32.1 Å². The number of nitrogens with one attached hydrogen (secondary N) is 1. The van der Waals surface area contributed by atoms with E-state index in [1.165, 1.54) is 11.8 Å². The maximum absolute atomic E-state index is 12.5. The van der Waals surface area contributed by atoms with E-state index in [1.807, 2.05) is 18.2 Å². The molecule has 0 aliphatic carbocycles. The largest absolute Gasteiger partial charge is 0.451 e. The molecule has 1 heterocycles. The summed E-state index contributed by atoms with van der Waals surface area (Å²) in [5.41, 5.74) is 2.49. The molecular formula is C20H22N2O4. The standard InChI is InChI=1S/C20H22N2O4/c1-5-11-22(16-9-7-6-8-10-16)17(24)12-26-20(25)19-13(2)18(15(4)23)14(3)21-19/h5-10,21H,1,11-12H2,2-4H3. The molecule has 1 aromatic carbocycles. The van der Waals surface area contributed by atoms with E-state index in [-0.39, 0.29) is 17.4 Å². The fraction of sp³-hybridized carbons (Fsp3) is 0.250. The fourth-order valence-corrected chi connectivity index (χ4v) is 2.85. The second-order valence-electron chi connectivity index (χ2n) is 5.89. The van der Waals surface area contributed by atoms with Gasteiger partial charge in [-0.25, -0.2) is 4.79 Å². The Morgan fingerprint density at radius 1 is 1.19 bits per heavy atom. The molecule has 0 saturated carbocycles. The molecule has 1 N–H and O–H groups in total. The van der Waals surface area contributed by atoms with Crippen molar-refractivity contribution in [2.45, 2.75) is 20.8 Å². The number of H-pyrrole nitrogens is 1. The van der Waals surface area contributed by atoms with Gasteiger partial charge in [0.15, 0.2) is 12.4 Å². The van der Waals surface area contributed by atoms with E-state index >= 15 is 0 Å². The van der Waals surface area contributed by atoms with Gasteiger partial charge in [-0.05, 0) is 38.5 Å². The van der Waals surface area contributed by atoms with Crippen LogP contribution in [0.25, 0.3) is 0 Å². The Balaban J connectivity index is 2.11. The maximum Gasteiger partial charge on any atom is 0.355 e. The number of nitrogens with zero attached hydrogens (tertiary/aromatic N) is 1. The molecule has 0 radical (unpaired) electrons. The highest BCUT2D eigenvalue weighted by molar-refractivity contribution is 6.02. The van der Waals surface area contributed by atoms with Crippen LogP contribution in [0, 0.1) is 13.8 Å². The summed E-state index contributed by atoms with van der Waals surface area (Å²) in [6.45, 7) is 8.37. The zero-order valence-electron chi connectivity index (χ0n) is 15.2. The van der Waals surface area contributed by atoms with Crippen molar-refractivity contribution in [1.29, 1.82) is 0 Å². The molecule has 0 spiro atoms. The lowest BCUT2D eigenvalue weighted by Crippen LogP contribution is -2.35. The fourth-order valence-electron chi connectivity index (χ4n) is 2.85. The predicted molar refractivity (Wildman–Crippen MR) is 99.5 cm³/mol. The molecule has 0 unspecified atom stereocenters. The van der Waals surface area contributed by atoms with Gasteiger partial charge < -0.3 is 14.6 Å². The molecular weight excluding hydrogens is 332 g/mol. The molecule has 6 nitrogen and oxygen atoms in total. The summed E-state index contributed by atoms with van der Waals surface area (Å²) < 4.78 is 5.16. The highest BCUT2D eigenvalue weighted by atomic mass is 16.5. The van der Waals surface area contributed by atoms with E-state index in [0.29, 0.717) is 29.1 Å². The van der Waals surface area contributed by atoms with Crippen LogP contribution in [0.4, 0.5) is 5.69 Å². The molecule has 136 valence electrons. The number of amides is 1. The lowest BCUT2D eigenvalue weighted by molar-refractivity contribution is -0.121. The van der Waals surface area contributed by atoms with Gasteiger partial charge in [-0.1, -0.05) is 24.3 Å². The molecule has 0 aliphatic rings. The Morgan fingerprint density at radius 2 is 1.85 bits per heavy atom. The minimum Gasteiger partial charge on any atom is -0.451 e. The Hall–Kier alpha value is -3.15. The number of hydrogen-bond acceptors (Lipinski definition) is 4. The highest BCUT2D eigenvalue weighted by Crippen LogP contribution is 2.19. The third-order valence-corrected chi connectivity index (χ3v) is 4.00. The first-order valence-electron chi connectivity index (χ1n) is 8.20. The third-order valence-electron chi connectivity index (χ3n) is 4.00. The lowest BCUT2D eigenvalue weighted by atomic mass is 10.1. The quantitative estimate of drug-likeness (QED) is 0.470. The van der Waals surface area contributed by atoms with Crippen molar-refractivity contribution in [2.75, 3.05) is 18.1 Å². The van der Waals surface area contributed by atoms with Gasteiger partial charge in [0.25, 0.3) is 5.91 Å². The number of esters is 1. The summed E-state index contributed by atoms with van der Waals surface area (Å²) >= 11 is 0. The summed E-state index contributed by atoms with van der Waals surface area (Å²) in [6, 6.07) is 9.07. The monoisotopic (exact) mass is 354 g/mol. The van der Waals surface area contributed by atoms with Crippen LogP contribution < -0.4 is 4.90 Å². The Labute approximate surface area is 152 Å². The van der Waals surface area contributed by atoms with Crippen molar-refractivity contribution < 1.29 is 19.1 Å². The molecule has 0 atom stereocenters. The van der Waals surface area contributed by atoms with Gasteiger partial charge in [0.05, 0.1) is 0 Å². The number of hydrogen-bond donors (Lipinski definition) is 1. The molecule has 2 rings (SSSR count). The van der Waals surface area contributed by atoms with Crippen molar-refractivity contribution in [3.8, 4) is 0 Å². The number of carbonyl (C=O) groups is 3. The first-order chi connectivity index (χ1) is 12.4. The first-order valence-corrected chi connectivity index (χ1v) is 8.20. The summed E-state index contributed by atoms with van der Waals surface area (Å²) in [4.78, 5) is 40.8. The zero-order valence-corrected chi connectivity index (χ0v) is 15.2. The SMILES string of the molecule is C=CCN(C(=O)COC(=O)c1[nH]c(C)c(C(C)=O)c1C)c1ccccc1. The molecule has 0 bridgehead atoms. The number of ether oxygens (including phenoxy) is 1. The van der Waals surface area contributed by atoms with E-state index in [0.717, 1.165) is 0 Å². The zero-order chi connectivity index (χ0) is 19.3. The van der Waals surface area contributed by atoms with Crippen LogP contribution in [0.15, 0.2) is 43.0 Å². The number of Topliss-reactive ketones (excluding diaryl/α,β-unsaturated/α-hetero) is 1. The molecule has 0 fully saturated rings. The summed E-state index contributed by atoms with van der Waals surface area (Å²) in [5.74, 6) is -1.16.